The summed E-state index contributed by atoms with van der Waals surface area (Å²) in [6.07, 6.45) is 1.61. The zero-order valence-corrected chi connectivity index (χ0v) is 10.5. The van der Waals surface area contributed by atoms with Crippen molar-refractivity contribution >= 4 is 17.5 Å². The lowest BCUT2D eigenvalue weighted by Crippen LogP contribution is -2.06. The zero-order valence-electron chi connectivity index (χ0n) is 10.5. The summed E-state index contributed by atoms with van der Waals surface area (Å²) in [5, 5.41) is 3.14. The molecule has 0 aliphatic rings. The van der Waals surface area contributed by atoms with Gasteiger partial charge in [0.15, 0.2) is 0 Å². The molecule has 0 saturated heterocycles. The van der Waals surface area contributed by atoms with Crippen molar-refractivity contribution in [3.05, 3.63) is 47.9 Å². The van der Waals surface area contributed by atoms with Crippen LogP contribution < -0.4 is 11.1 Å². The molecule has 3 N–H and O–H groups in total. The molecule has 6 nitrogen and oxygen atoms in total. The molecule has 2 rings (SSSR count). The Morgan fingerprint density at radius 3 is 2.68 bits per heavy atom. The fourth-order valence-corrected chi connectivity index (χ4v) is 1.52. The van der Waals surface area contributed by atoms with Gasteiger partial charge in [-0.05, 0) is 30.3 Å². The first-order chi connectivity index (χ1) is 9.19. The average Bonchev–Trinajstić information content (AvgIpc) is 2.45. The maximum absolute atomic E-state index is 11.3. The van der Waals surface area contributed by atoms with Crippen molar-refractivity contribution in [2.45, 2.75) is 6.54 Å². The first-order valence-electron chi connectivity index (χ1n) is 5.68. The van der Waals surface area contributed by atoms with Crippen LogP contribution in [0, 0.1) is 0 Å². The quantitative estimate of drug-likeness (QED) is 0.807. The highest BCUT2D eigenvalue weighted by atomic mass is 16.5. The van der Waals surface area contributed by atoms with Gasteiger partial charge in [0.05, 0.1) is 19.2 Å². The van der Waals surface area contributed by atoms with Crippen LogP contribution in [0.15, 0.2) is 36.5 Å². The predicted octanol–water partition coefficient (Wildman–Crippen LogP) is 1.46. The lowest BCUT2D eigenvalue weighted by molar-refractivity contribution is 0.0601. The molecular weight excluding hydrogens is 244 g/mol. The van der Waals surface area contributed by atoms with E-state index in [0.29, 0.717) is 23.8 Å². The van der Waals surface area contributed by atoms with Crippen LogP contribution in [0.1, 0.15) is 16.2 Å². The summed E-state index contributed by atoms with van der Waals surface area (Å²) in [6, 6.07) is 8.59. The van der Waals surface area contributed by atoms with Crippen LogP contribution in [-0.2, 0) is 11.3 Å². The highest BCUT2D eigenvalue weighted by Gasteiger charge is 2.04. The van der Waals surface area contributed by atoms with Crippen molar-refractivity contribution in [2.24, 2.45) is 0 Å². The Morgan fingerprint density at radius 1 is 1.32 bits per heavy atom. The normalized spacial score (nSPS) is 9.95. The number of ether oxygens (including phenoxy) is 1. The highest BCUT2D eigenvalue weighted by Crippen LogP contribution is 2.11. The van der Waals surface area contributed by atoms with Gasteiger partial charge in [0.25, 0.3) is 0 Å². The Kier molecular flexibility index (Phi) is 3.92. The SMILES string of the molecule is COC(=O)c1ccc(NCc2nccc(N)n2)cc1. The van der Waals surface area contributed by atoms with Gasteiger partial charge in [0.2, 0.25) is 0 Å². The zero-order chi connectivity index (χ0) is 13.7. The Morgan fingerprint density at radius 2 is 2.05 bits per heavy atom. The number of benzene rings is 1. The molecule has 0 fully saturated rings. The smallest absolute Gasteiger partial charge is 0.337 e. The average molecular weight is 258 g/mol. The summed E-state index contributed by atoms with van der Waals surface area (Å²) in [5.41, 5.74) is 6.93. The monoisotopic (exact) mass is 258 g/mol. The van der Waals surface area contributed by atoms with E-state index in [9.17, 15) is 4.79 Å². The van der Waals surface area contributed by atoms with Crippen LogP contribution in [-0.4, -0.2) is 23.0 Å². The maximum Gasteiger partial charge on any atom is 0.337 e. The summed E-state index contributed by atoms with van der Waals surface area (Å²) in [5.74, 6) is 0.690. The number of hydrogen-bond donors (Lipinski definition) is 2. The molecule has 0 aliphatic heterocycles. The third-order valence-electron chi connectivity index (χ3n) is 2.48. The Bertz CT molecular complexity index is 569. The van der Waals surface area contributed by atoms with E-state index in [0.717, 1.165) is 5.69 Å². The molecule has 6 heteroatoms. The molecule has 0 saturated carbocycles. The largest absolute Gasteiger partial charge is 0.465 e. The van der Waals surface area contributed by atoms with E-state index < -0.39 is 0 Å². The maximum atomic E-state index is 11.3. The number of nitrogens with one attached hydrogen (secondary N) is 1. The molecular formula is C13H14N4O2. The van der Waals surface area contributed by atoms with E-state index in [4.69, 9.17) is 5.73 Å². The molecule has 0 amide bonds. The number of aromatic nitrogens is 2. The topological polar surface area (TPSA) is 90.1 Å². The molecule has 2 aromatic rings. The second-order valence-electron chi connectivity index (χ2n) is 3.82. The number of hydrogen-bond acceptors (Lipinski definition) is 6. The van der Waals surface area contributed by atoms with Crippen LogP contribution in [0.25, 0.3) is 0 Å². The molecule has 98 valence electrons. The molecule has 0 bridgehead atoms. The summed E-state index contributed by atoms with van der Waals surface area (Å²) in [4.78, 5) is 19.4. The van der Waals surface area contributed by atoms with E-state index in [-0.39, 0.29) is 5.97 Å². The van der Waals surface area contributed by atoms with Gasteiger partial charge in [-0.3, -0.25) is 0 Å². The minimum Gasteiger partial charge on any atom is -0.465 e. The first-order valence-corrected chi connectivity index (χ1v) is 5.68. The molecule has 1 aromatic heterocycles. The molecule has 0 spiro atoms. The Hall–Kier alpha value is -2.63. The van der Waals surface area contributed by atoms with Gasteiger partial charge in [-0.1, -0.05) is 0 Å². The van der Waals surface area contributed by atoms with Crippen LogP contribution in [0.3, 0.4) is 0 Å². The third-order valence-corrected chi connectivity index (χ3v) is 2.48. The van der Waals surface area contributed by atoms with Crippen molar-refractivity contribution in [3.63, 3.8) is 0 Å². The highest BCUT2D eigenvalue weighted by molar-refractivity contribution is 5.89. The molecule has 0 atom stereocenters. The minimum absolute atomic E-state index is 0.356. The minimum atomic E-state index is -0.356. The number of esters is 1. The number of nitrogen functional groups attached to an aromatic ring is 1. The number of nitrogens with zero attached hydrogens (tertiary/aromatic N) is 2. The van der Waals surface area contributed by atoms with Crippen molar-refractivity contribution < 1.29 is 9.53 Å². The lowest BCUT2D eigenvalue weighted by atomic mass is 10.2. The fourth-order valence-electron chi connectivity index (χ4n) is 1.52. The first kappa shape index (κ1) is 12.8. The molecule has 1 heterocycles. The van der Waals surface area contributed by atoms with E-state index in [1.807, 2.05) is 0 Å². The van der Waals surface area contributed by atoms with E-state index in [1.165, 1.54) is 7.11 Å². The molecule has 0 radical (unpaired) electrons. The van der Waals surface area contributed by atoms with Crippen LogP contribution >= 0.6 is 0 Å². The van der Waals surface area contributed by atoms with E-state index >= 15 is 0 Å². The number of methoxy groups -OCH3 is 1. The van der Waals surface area contributed by atoms with Gasteiger partial charge >= 0.3 is 5.97 Å². The Labute approximate surface area is 110 Å². The predicted molar refractivity (Wildman–Crippen MR) is 71.6 cm³/mol. The molecule has 0 unspecified atom stereocenters. The Balaban J connectivity index is 1.98. The number of anilines is 2. The van der Waals surface area contributed by atoms with Crippen molar-refractivity contribution in [1.29, 1.82) is 0 Å². The van der Waals surface area contributed by atoms with Gasteiger partial charge in [-0.2, -0.15) is 0 Å². The van der Waals surface area contributed by atoms with Gasteiger partial charge in [-0.25, -0.2) is 14.8 Å². The van der Waals surface area contributed by atoms with Crippen LogP contribution in [0.5, 0.6) is 0 Å². The van der Waals surface area contributed by atoms with Gasteiger partial charge < -0.3 is 15.8 Å². The summed E-state index contributed by atoms with van der Waals surface area (Å²) in [7, 11) is 1.35. The van der Waals surface area contributed by atoms with Gasteiger partial charge in [0, 0.05) is 11.9 Å². The standard InChI is InChI=1S/C13H14N4O2/c1-19-13(18)9-2-4-10(5-3-9)16-8-12-15-7-6-11(14)17-12/h2-7,16H,8H2,1H3,(H2,14,15,17). The van der Waals surface area contributed by atoms with E-state index in [2.05, 4.69) is 20.0 Å². The summed E-state index contributed by atoms with van der Waals surface area (Å²) >= 11 is 0. The van der Waals surface area contributed by atoms with Gasteiger partial charge in [0.1, 0.15) is 11.6 Å². The number of nitrogens with two attached hydrogens (primary N) is 1. The second-order valence-corrected chi connectivity index (χ2v) is 3.82. The lowest BCUT2D eigenvalue weighted by Gasteiger charge is -2.06. The fraction of sp³-hybridized carbons (Fsp3) is 0.154. The van der Waals surface area contributed by atoms with Crippen LogP contribution in [0.4, 0.5) is 11.5 Å². The van der Waals surface area contributed by atoms with E-state index in [1.54, 1.807) is 36.5 Å². The van der Waals surface area contributed by atoms with Crippen molar-refractivity contribution in [3.8, 4) is 0 Å². The summed E-state index contributed by atoms with van der Waals surface area (Å²) in [6.45, 7) is 0.461. The van der Waals surface area contributed by atoms with Crippen LogP contribution in [0.2, 0.25) is 0 Å². The third kappa shape index (κ3) is 3.41. The van der Waals surface area contributed by atoms with Crippen molar-refractivity contribution in [2.75, 3.05) is 18.2 Å². The molecule has 1 aromatic carbocycles. The summed E-state index contributed by atoms with van der Waals surface area (Å²) < 4.78 is 4.63. The number of carbonyl (C=O) groups is 1. The van der Waals surface area contributed by atoms with Crippen molar-refractivity contribution in [1.82, 2.24) is 9.97 Å². The second kappa shape index (κ2) is 5.81. The number of carbonyl (C=O) groups excluding carboxylic acids is 1. The van der Waals surface area contributed by atoms with Gasteiger partial charge in [-0.15, -0.1) is 0 Å². The molecule has 0 aliphatic carbocycles. The number of rotatable bonds is 4. The molecule has 19 heavy (non-hydrogen) atoms.